The van der Waals surface area contributed by atoms with Crippen molar-refractivity contribution in [2.75, 3.05) is 45.8 Å². The lowest BCUT2D eigenvalue weighted by Gasteiger charge is -2.21. The third-order valence-electron chi connectivity index (χ3n) is 4.51. The lowest BCUT2D eigenvalue weighted by atomic mass is 10.2. The largest absolute Gasteiger partial charge is 0.383 e. The van der Waals surface area contributed by atoms with Crippen molar-refractivity contribution in [1.82, 2.24) is 9.29 Å². The van der Waals surface area contributed by atoms with Crippen molar-refractivity contribution in [1.29, 1.82) is 0 Å². The Labute approximate surface area is 200 Å². The van der Waals surface area contributed by atoms with Gasteiger partial charge in [0.25, 0.3) is 5.91 Å². The first-order chi connectivity index (χ1) is 15.3. The van der Waals surface area contributed by atoms with E-state index >= 15 is 0 Å². The number of thiazole rings is 1. The van der Waals surface area contributed by atoms with E-state index in [1.807, 2.05) is 0 Å². The molecule has 0 aliphatic carbocycles. The Balaban J connectivity index is 1.77. The van der Waals surface area contributed by atoms with E-state index in [0.29, 0.717) is 25.4 Å². The van der Waals surface area contributed by atoms with Gasteiger partial charge in [-0.15, -0.1) is 0 Å². The van der Waals surface area contributed by atoms with E-state index in [9.17, 15) is 13.2 Å². The molecule has 1 heterocycles. The highest BCUT2D eigenvalue weighted by Crippen LogP contribution is 2.36. The average Bonchev–Trinajstić information content (AvgIpc) is 3.21. The van der Waals surface area contributed by atoms with Gasteiger partial charge in [-0.3, -0.25) is 10.1 Å². The summed E-state index contributed by atoms with van der Waals surface area (Å²) in [6.45, 7) is 0.875. The second-order valence-corrected chi connectivity index (χ2v) is 10.3. The molecule has 1 N–H and O–H groups in total. The van der Waals surface area contributed by atoms with Crippen molar-refractivity contribution in [3.05, 3.63) is 52.0 Å². The minimum absolute atomic E-state index is 0.0693. The van der Waals surface area contributed by atoms with Gasteiger partial charge in [0.05, 0.1) is 32.9 Å². The summed E-state index contributed by atoms with van der Waals surface area (Å²) in [6, 6.07) is 8.98. The summed E-state index contributed by atoms with van der Waals surface area (Å²) in [7, 11) is -0.768. The van der Waals surface area contributed by atoms with Crippen LogP contribution in [0.4, 0.5) is 5.13 Å². The third-order valence-corrected chi connectivity index (χ3v) is 8.16. The van der Waals surface area contributed by atoms with E-state index in [-0.39, 0.29) is 36.8 Å². The van der Waals surface area contributed by atoms with Crippen molar-refractivity contribution in [2.45, 2.75) is 4.90 Å². The molecular weight excluding hydrogens is 497 g/mol. The fourth-order valence-corrected chi connectivity index (χ4v) is 5.66. The van der Waals surface area contributed by atoms with Crippen LogP contribution < -0.4 is 5.32 Å². The minimum Gasteiger partial charge on any atom is -0.383 e. The first kappa shape index (κ1) is 24.8. The molecule has 1 aromatic heterocycles. The van der Waals surface area contributed by atoms with Crippen LogP contribution in [-0.4, -0.2) is 64.1 Å². The molecule has 0 unspecified atom stereocenters. The van der Waals surface area contributed by atoms with E-state index in [4.69, 9.17) is 32.7 Å². The first-order valence-corrected chi connectivity index (χ1v) is 12.4. The fraction of sp³-hybridized carbons (Fsp3) is 0.300. The first-order valence-electron chi connectivity index (χ1n) is 9.42. The van der Waals surface area contributed by atoms with Crippen molar-refractivity contribution < 1.29 is 22.7 Å². The molecule has 8 nitrogen and oxygen atoms in total. The van der Waals surface area contributed by atoms with Crippen LogP contribution in [0.15, 0.2) is 41.3 Å². The van der Waals surface area contributed by atoms with Crippen molar-refractivity contribution in [3.8, 4) is 0 Å². The number of amides is 1. The number of ether oxygens (including phenoxy) is 2. The molecule has 1 amide bonds. The smallest absolute Gasteiger partial charge is 0.257 e. The van der Waals surface area contributed by atoms with Crippen LogP contribution in [0.25, 0.3) is 10.2 Å². The molecule has 0 saturated heterocycles. The Morgan fingerprint density at radius 1 is 1.03 bits per heavy atom. The number of fused-ring (bicyclic) bond motifs is 1. The number of anilines is 1. The van der Waals surface area contributed by atoms with Gasteiger partial charge >= 0.3 is 0 Å². The van der Waals surface area contributed by atoms with E-state index in [0.717, 1.165) is 0 Å². The number of sulfonamides is 1. The van der Waals surface area contributed by atoms with Gasteiger partial charge in [0.15, 0.2) is 5.13 Å². The molecule has 172 valence electrons. The maximum Gasteiger partial charge on any atom is 0.257 e. The van der Waals surface area contributed by atoms with Crippen LogP contribution in [0.1, 0.15) is 10.4 Å². The molecule has 3 aromatic rings. The van der Waals surface area contributed by atoms with Crippen LogP contribution >= 0.6 is 34.5 Å². The number of halogens is 2. The number of aromatic nitrogens is 1. The number of nitrogens with zero attached hydrogens (tertiary/aromatic N) is 2. The normalized spacial score (nSPS) is 11.9. The summed E-state index contributed by atoms with van der Waals surface area (Å²) < 4.78 is 37.9. The van der Waals surface area contributed by atoms with Crippen molar-refractivity contribution >= 4 is 65.8 Å². The second-order valence-electron chi connectivity index (χ2n) is 6.59. The molecular formula is C20H21Cl2N3O5S2. The number of carbonyl (C=O) groups excluding carboxylic acids is 1. The standard InChI is InChI=1S/C20H21Cl2N3O5S2/c1-29-11-9-25(10-12-30-2)32(27,28)14-5-3-13(4-6-14)19(26)24-20-23-17-15(21)7-8-16(22)18(17)31-20/h3-8H,9-12H2,1-2H3,(H,23,24,26). The third kappa shape index (κ3) is 5.57. The maximum absolute atomic E-state index is 13.0. The van der Waals surface area contributed by atoms with Gasteiger partial charge in [-0.25, -0.2) is 13.4 Å². The van der Waals surface area contributed by atoms with E-state index < -0.39 is 15.9 Å². The van der Waals surface area contributed by atoms with E-state index in [1.54, 1.807) is 12.1 Å². The predicted octanol–water partition coefficient (Wildman–Crippen LogP) is 4.14. The summed E-state index contributed by atoms with van der Waals surface area (Å²) in [5, 5.41) is 3.95. The highest BCUT2D eigenvalue weighted by Gasteiger charge is 2.24. The molecule has 0 bridgehead atoms. The zero-order chi connectivity index (χ0) is 23.3. The summed E-state index contributed by atoms with van der Waals surface area (Å²) in [6.07, 6.45) is 0. The molecule has 0 aliphatic rings. The molecule has 0 atom stereocenters. The molecule has 0 radical (unpaired) electrons. The van der Waals surface area contributed by atoms with Gasteiger partial charge in [-0.2, -0.15) is 4.31 Å². The summed E-state index contributed by atoms with van der Waals surface area (Å²) in [4.78, 5) is 17.0. The number of carbonyl (C=O) groups is 1. The predicted molar refractivity (Wildman–Crippen MR) is 127 cm³/mol. The number of benzene rings is 2. The monoisotopic (exact) mass is 517 g/mol. The maximum atomic E-state index is 13.0. The number of nitrogens with one attached hydrogen (secondary N) is 1. The quantitative estimate of drug-likeness (QED) is 0.433. The van der Waals surface area contributed by atoms with E-state index in [2.05, 4.69) is 10.3 Å². The van der Waals surface area contributed by atoms with Crippen LogP contribution in [-0.2, 0) is 19.5 Å². The fourth-order valence-electron chi connectivity index (χ4n) is 2.83. The second kappa shape index (κ2) is 10.9. The minimum atomic E-state index is -3.77. The molecule has 0 saturated carbocycles. The Bertz CT molecular complexity index is 1150. The van der Waals surface area contributed by atoms with Gasteiger partial charge in [0, 0.05) is 32.9 Å². The van der Waals surface area contributed by atoms with Gasteiger partial charge in [-0.1, -0.05) is 34.5 Å². The van der Waals surface area contributed by atoms with Gasteiger partial charge < -0.3 is 9.47 Å². The van der Waals surface area contributed by atoms with Crippen molar-refractivity contribution in [3.63, 3.8) is 0 Å². The van der Waals surface area contributed by atoms with Gasteiger partial charge in [0.2, 0.25) is 10.0 Å². The zero-order valence-electron chi connectivity index (χ0n) is 17.3. The number of methoxy groups -OCH3 is 2. The number of rotatable bonds is 10. The Morgan fingerprint density at radius 3 is 2.19 bits per heavy atom. The molecule has 12 heteroatoms. The van der Waals surface area contributed by atoms with E-state index in [1.165, 1.54) is 54.1 Å². The Hall–Kier alpha value is -1.79. The zero-order valence-corrected chi connectivity index (χ0v) is 20.4. The molecule has 0 fully saturated rings. The molecule has 3 rings (SSSR count). The molecule has 32 heavy (non-hydrogen) atoms. The lowest BCUT2D eigenvalue weighted by molar-refractivity contribution is 0.102. The summed E-state index contributed by atoms with van der Waals surface area (Å²) in [5.74, 6) is -0.434. The summed E-state index contributed by atoms with van der Waals surface area (Å²) >= 11 is 13.5. The molecule has 0 aliphatic heterocycles. The Kier molecular flexibility index (Phi) is 8.45. The number of hydrogen-bond donors (Lipinski definition) is 1. The van der Waals surface area contributed by atoms with Crippen LogP contribution in [0, 0.1) is 0 Å². The van der Waals surface area contributed by atoms with Gasteiger partial charge in [-0.05, 0) is 36.4 Å². The lowest BCUT2D eigenvalue weighted by Crippen LogP contribution is -2.36. The molecule has 0 spiro atoms. The van der Waals surface area contributed by atoms with Crippen LogP contribution in [0.3, 0.4) is 0 Å². The van der Waals surface area contributed by atoms with Gasteiger partial charge in [0.1, 0.15) is 5.52 Å². The molecule has 2 aromatic carbocycles. The number of hydrogen-bond acceptors (Lipinski definition) is 7. The Morgan fingerprint density at radius 2 is 1.62 bits per heavy atom. The van der Waals surface area contributed by atoms with Crippen molar-refractivity contribution in [2.24, 2.45) is 0 Å². The average molecular weight is 518 g/mol. The SMILES string of the molecule is COCCN(CCOC)S(=O)(=O)c1ccc(C(=O)Nc2nc3c(Cl)ccc(Cl)c3s2)cc1. The summed E-state index contributed by atoms with van der Waals surface area (Å²) in [5.41, 5.74) is 0.786. The van der Waals surface area contributed by atoms with Crippen LogP contribution in [0.2, 0.25) is 10.0 Å². The topological polar surface area (TPSA) is 97.8 Å². The highest BCUT2D eigenvalue weighted by atomic mass is 35.5. The highest BCUT2D eigenvalue weighted by molar-refractivity contribution is 7.89. The van der Waals surface area contributed by atoms with Crippen LogP contribution in [0.5, 0.6) is 0 Å².